The number of carbonyl (C=O) groups is 1. The van der Waals surface area contributed by atoms with Crippen LogP contribution in [0, 0.1) is 0 Å². The van der Waals surface area contributed by atoms with Crippen molar-refractivity contribution in [2.75, 3.05) is 40.3 Å². The quantitative estimate of drug-likeness (QED) is 0.546. The van der Waals surface area contributed by atoms with Crippen LogP contribution in [0.25, 0.3) is 0 Å². The van der Waals surface area contributed by atoms with Crippen molar-refractivity contribution in [3.05, 3.63) is 0 Å². The molecule has 4 heteroatoms. The van der Waals surface area contributed by atoms with Crippen LogP contribution in [0.2, 0.25) is 0 Å². The summed E-state index contributed by atoms with van der Waals surface area (Å²) in [5.74, 6) is 0.166. The predicted octanol–water partition coefficient (Wildman–Crippen LogP) is 0.834. The predicted molar refractivity (Wildman–Crippen MR) is 68.6 cm³/mol. The second-order valence-electron chi connectivity index (χ2n) is 4.21. The lowest BCUT2D eigenvalue weighted by atomic mass is 10.3. The summed E-state index contributed by atoms with van der Waals surface area (Å²) < 4.78 is 0. The lowest BCUT2D eigenvalue weighted by Crippen LogP contribution is -2.33. The van der Waals surface area contributed by atoms with E-state index in [9.17, 15) is 4.79 Å². The fraction of sp³-hybridized carbons (Fsp3) is 0.917. The number of likely N-dealkylation sites (N-methyl/N-ethyl adjacent to an activating group) is 1. The molecule has 0 rings (SSSR count). The van der Waals surface area contributed by atoms with Crippen LogP contribution in [0.5, 0.6) is 0 Å². The number of amides is 1. The molecule has 0 aromatic heterocycles. The Morgan fingerprint density at radius 2 is 1.94 bits per heavy atom. The molecule has 0 heterocycles. The molecule has 0 saturated carbocycles. The number of nitrogens with zero attached hydrogens (tertiary/aromatic N) is 1. The second-order valence-corrected chi connectivity index (χ2v) is 4.21. The summed E-state index contributed by atoms with van der Waals surface area (Å²) >= 11 is 0. The Hall–Kier alpha value is -0.610. The molecule has 0 aliphatic carbocycles. The molecule has 0 aliphatic rings. The molecule has 0 atom stereocenters. The molecule has 0 saturated heterocycles. The SMILES string of the molecule is CCCCN(C)CCNC(=O)CCCNC. The van der Waals surface area contributed by atoms with Gasteiger partial charge in [-0.3, -0.25) is 4.79 Å². The summed E-state index contributed by atoms with van der Waals surface area (Å²) in [6.07, 6.45) is 3.99. The van der Waals surface area contributed by atoms with E-state index in [1.807, 2.05) is 7.05 Å². The van der Waals surface area contributed by atoms with Gasteiger partial charge in [0.25, 0.3) is 0 Å². The highest BCUT2D eigenvalue weighted by atomic mass is 16.1. The maximum atomic E-state index is 11.4. The largest absolute Gasteiger partial charge is 0.355 e. The molecule has 0 spiro atoms. The molecule has 16 heavy (non-hydrogen) atoms. The van der Waals surface area contributed by atoms with Gasteiger partial charge < -0.3 is 15.5 Å². The molecular formula is C12H27N3O. The Labute approximate surface area is 99.8 Å². The summed E-state index contributed by atoms with van der Waals surface area (Å²) in [6.45, 7) is 5.92. The zero-order valence-electron chi connectivity index (χ0n) is 11.0. The number of hydrogen-bond acceptors (Lipinski definition) is 3. The van der Waals surface area contributed by atoms with Gasteiger partial charge in [-0.2, -0.15) is 0 Å². The third-order valence-electron chi connectivity index (χ3n) is 2.54. The fourth-order valence-corrected chi connectivity index (χ4v) is 1.44. The summed E-state index contributed by atoms with van der Waals surface area (Å²) in [5, 5.41) is 5.97. The number of nitrogens with one attached hydrogen (secondary N) is 2. The van der Waals surface area contributed by atoms with E-state index in [0.717, 1.165) is 32.6 Å². The van der Waals surface area contributed by atoms with Crippen molar-refractivity contribution in [1.29, 1.82) is 0 Å². The molecule has 96 valence electrons. The first-order chi connectivity index (χ1) is 7.70. The van der Waals surface area contributed by atoms with E-state index in [-0.39, 0.29) is 5.91 Å². The number of unbranched alkanes of at least 4 members (excludes halogenated alkanes) is 1. The van der Waals surface area contributed by atoms with Crippen LogP contribution < -0.4 is 10.6 Å². The molecule has 0 unspecified atom stereocenters. The number of rotatable bonds is 10. The Bertz CT molecular complexity index is 174. The van der Waals surface area contributed by atoms with Crippen molar-refractivity contribution >= 4 is 5.91 Å². The minimum Gasteiger partial charge on any atom is -0.355 e. The Morgan fingerprint density at radius 3 is 2.56 bits per heavy atom. The first-order valence-electron chi connectivity index (χ1n) is 6.30. The number of hydrogen-bond donors (Lipinski definition) is 2. The summed E-state index contributed by atoms with van der Waals surface area (Å²) in [7, 11) is 4.00. The average molecular weight is 229 g/mol. The molecule has 0 radical (unpaired) electrons. The van der Waals surface area contributed by atoms with E-state index >= 15 is 0 Å². The smallest absolute Gasteiger partial charge is 0.220 e. The van der Waals surface area contributed by atoms with Gasteiger partial charge in [-0.25, -0.2) is 0 Å². The van der Waals surface area contributed by atoms with Crippen LogP contribution in [-0.4, -0.2) is 51.1 Å². The lowest BCUT2D eigenvalue weighted by Gasteiger charge is -2.16. The number of carbonyl (C=O) groups excluding carboxylic acids is 1. The van der Waals surface area contributed by atoms with Crippen molar-refractivity contribution in [2.24, 2.45) is 0 Å². The van der Waals surface area contributed by atoms with Crippen LogP contribution >= 0.6 is 0 Å². The van der Waals surface area contributed by atoms with Gasteiger partial charge in [0.05, 0.1) is 0 Å². The van der Waals surface area contributed by atoms with E-state index in [0.29, 0.717) is 6.42 Å². The van der Waals surface area contributed by atoms with Gasteiger partial charge in [0.2, 0.25) is 5.91 Å². The molecule has 1 amide bonds. The van der Waals surface area contributed by atoms with Gasteiger partial charge in [0.15, 0.2) is 0 Å². The zero-order chi connectivity index (χ0) is 12.2. The highest BCUT2D eigenvalue weighted by molar-refractivity contribution is 5.75. The first kappa shape index (κ1) is 15.4. The Kier molecular flexibility index (Phi) is 10.5. The molecule has 0 aromatic rings. The summed E-state index contributed by atoms with van der Waals surface area (Å²) in [5.41, 5.74) is 0. The van der Waals surface area contributed by atoms with E-state index in [1.54, 1.807) is 0 Å². The van der Waals surface area contributed by atoms with E-state index in [4.69, 9.17) is 0 Å². The fourth-order valence-electron chi connectivity index (χ4n) is 1.44. The van der Waals surface area contributed by atoms with Crippen molar-refractivity contribution in [3.8, 4) is 0 Å². The topological polar surface area (TPSA) is 44.4 Å². The molecular weight excluding hydrogens is 202 g/mol. The minimum atomic E-state index is 0.166. The molecule has 0 fully saturated rings. The van der Waals surface area contributed by atoms with Gasteiger partial charge in [-0.15, -0.1) is 0 Å². The Balaban J connectivity index is 3.32. The van der Waals surface area contributed by atoms with Crippen LogP contribution in [0.15, 0.2) is 0 Å². The minimum absolute atomic E-state index is 0.166. The maximum absolute atomic E-state index is 11.4. The van der Waals surface area contributed by atoms with Gasteiger partial charge in [-0.1, -0.05) is 13.3 Å². The Morgan fingerprint density at radius 1 is 1.19 bits per heavy atom. The zero-order valence-corrected chi connectivity index (χ0v) is 11.0. The van der Waals surface area contributed by atoms with Crippen molar-refractivity contribution < 1.29 is 4.79 Å². The normalized spacial score (nSPS) is 10.8. The highest BCUT2D eigenvalue weighted by Gasteiger charge is 2.01. The monoisotopic (exact) mass is 229 g/mol. The second kappa shape index (κ2) is 10.9. The van der Waals surface area contributed by atoms with E-state index in [2.05, 4.69) is 29.5 Å². The standard InChI is InChI=1S/C12H27N3O/c1-4-5-10-15(3)11-9-14-12(16)7-6-8-13-2/h13H,4-11H2,1-3H3,(H,14,16). The third-order valence-corrected chi connectivity index (χ3v) is 2.54. The van der Waals surface area contributed by atoms with Gasteiger partial charge in [-0.05, 0) is 40.0 Å². The van der Waals surface area contributed by atoms with Crippen LogP contribution in [0.3, 0.4) is 0 Å². The van der Waals surface area contributed by atoms with Gasteiger partial charge >= 0.3 is 0 Å². The third kappa shape index (κ3) is 9.93. The molecule has 0 aliphatic heterocycles. The molecule has 4 nitrogen and oxygen atoms in total. The van der Waals surface area contributed by atoms with Crippen LogP contribution in [0.1, 0.15) is 32.6 Å². The maximum Gasteiger partial charge on any atom is 0.220 e. The summed E-state index contributed by atoms with van der Waals surface area (Å²) in [6, 6.07) is 0. The van der Waals surface area contributed by atoms with E-state index < -0.39 is 0 Å². The first-order valence-corrected chi connectivity index (χ1v) is 6.30. The molecule has 0 bridgehead atoms. The lowest BCUT2D eigenvalue weighted by molar-refractivity contribution is -0.121. The van der Waals surface area contributed by atoms with Crippen molar-refractivity contribution in [3.63, 3.8) is 0 Å². The summed E-state index contributed by atoms with van der Waals surface area (Å²) in [4.78, 5) is 13.6. The van der Waals surface area contributed by atoms with Crippen molar-refractivity contribution in [2.45, 2.75) is 32.6 Å². The van der Waals surface area contributed by atoms with Crippen LogP contribution in [-0.2, 0) is 4.79 Å². The molecule has 0 aromatic carbocycles. The molecule has 2 N–H and O–H groups in total. The van der Waals surface area contributed by atoms with Gasteiger partial charge in [0, 0.05) is 19.5 Å². The van der Waals surface area contributed by atoms with Gasteiger partial charge in [0.1, 0.15) is 0 Å². The van der Waals surface area contributed by atoms with Crippen molar-refractivity contribution in [1.82, 2.24) is 15.5 Å². The highest BCUT2D eigenvalue weighted by Crippen LogP contribution is 1.91. The van der Waals surface area contributed by atoms with E-state index in [1.165, 1.54) is 12.8 Å². The van der Waals surface area contributed by atoms with Crippen LogP contribution in [0.4, 0.5) is 0 Å². The average Bonchev–Trinajstić information content (AvgIpc) is 2.26.